The highest BCUT2D eigenvalue weighted by Gasteiger charge is 2.14. The molecule has 0 unspecified atom stereocenters. The van der Waals surface area contributed by atoms with Gasteiger partial charge in [-0.1, -0.05) is 0 Å². The van der Waals surface area contributed by atoms with Gasteiger partial charge in [0.2, 0.25) is 5.91 Å². The molecule has 3 rings (SSSR count). The molecule has 1 aliphatic heterocycles. The first-order chi connectivity index (χ1) is 10.8. The molecule has 0 radical (unpaired) electrons. The van der Waals surface area contributed by atoms with Crippen molar-refractivity contribution in [1.29, 1.82) is 0 Å². The topological polar surface area (TPSA) is 71.8 Å². The summed E-state index contributed by atoms with van der Waals surface area (Å²) in [4.78, 5) is 16.3. The lowest BCUT2D eigenvalue weighted by Crippen LogP contribution is -2.28. The molecule has 0 saturated carbocycles. The first kappa shape index (κ1) is 20.4. The molecule has 3 heterocycles. The zero-order valence-electron chi connectivity index (χ0n) is 13.4. The Kier molecular flexibility index (Phi) is 8.74. The molecule has 0 aromatic carbocycles. The number of hydrogen-bond donors (Lipinski definition) is 2. The van der Waals surface area contributed by atoms with E-state index in [1.807, 2.05) is 24.4 Å². The second-order valence-corrected chi connectivity index (χ2v) is 5.64. The number of rotatable bonds is 5. The van der Waals surface area contributed by atoms with Crippen LogP contribution in [0.15, 0.2) is 36.8 Å². The summed E-state index contributed by atoms with van der Waals surface area (Å²) in [6.45, 7) is 2.15. The highest BCUT2D eigenvalue weighted by molar-refractivity contribution is 5.90. The van der Waals surface area contributed by atoms with Gasteiger partial charge in [-0.2, -0.15) is 5.10 Å². The molecule has 24 heavy (non-hydrogen) atoms. The van der Waals surface area contributed by atoms with E-state index in [4.69, 9.17) is 0 Å². The van der Waals surface area contributed by atoms with E-state index >= 15 is 0 Å². The maximum absolute atomic E-state index is 12.0. The average Bonchev–Trinajstić information content (AvgIpc) is 3.09. The molecule has 0 spiro atoms. The Morgan fingerprint density at radius 3 is 2.71 bits per heavy atom. The molecule has 8 heteroatoms. The van der Waals surface area contributed by atoms with E-state index in [1.165, 1.54) is 12.8 Å². The highest BCUT2D eigenvalue weighted by Crippen LogP contribution is 2.18. The molecule has 1 amide bonds. The van der Waals surface area contributed by atoms with Crippen molar-refractivity contribution in [3.8, 4) is 5.82 Å². The molecule has 132 valence electrons. The van der Waals surface area contributed by atoms with Crippen LogP contribution in [0.3, 0.4) is 0 Å². The number of halogens is 2. The van der Waals surface area contributed by atoms with Crippen molar-refractivity contribution in [2.24, 2.45) is 5.92 Å². The lowest BCUT2D eigenvalue weighted by molar-refractivity contribution is -0.116. The predicted molar refractivity (Wildman–Crippen MR) is 99.3 cm³/mol. The molecule has 0 atom stereocenters. The number of amides is 1. The molecule has 1 fully saturated rings. The van der Waals surface area contributed by atoms with Crippen LogP contribution < -0.4 is 10.6 Å². The number of nitrogens with one attached hydrogen (secondary N) is 2. The third-order valence-electron chi connectivity index (χ3n) is 4.01. The molecule has 0 aliphatic carbocycles. The molecule has 1 aliphatic rings. The zero-order valence-corrected chi connectivity index (χ0v) is 15.0. The second kappa shape index (κ2) is 10.3. The third-order valence-corrected chi connectivity index (χ3v) is 4.01. The quantitative estimate of drug-likeness (QED) is 0.847. The number of aromatic nitrogens is 3. The molecule has 6 nitrogen and oxygen atoms in total. The molecule has 1 saturated heterocycles. The Morgan fingerprint density at radius 2 is 2.08 bits per heavy atom. The Balaban J connectivity index is 0.00000144. The highest BCUT2D eigenvalue weighted by atomic mass is 35.5. The normalized spacial score (nSPS) is 14.3. The van der Waals surface area contributed by atoms with Crippen LogP contribution in [-0.2, 0) is 4.79 Å². The Bertz CT molecular complexity index is 597. The number of hydrogen-bond acceptors (Lipinski definition) is 4. The fourth-order valence-corrected chi connectivity index (χ4v) is 2.73. The Morgan fingerprint density at radius 1 is 1.29 bits per heavy atom. The zero-order chi connectivity index (χ0) is 15.2. The largest absolute Gasteiger partial charge is 0.325 e. The van der Waals surface area contributed by atoms with Crippen LogP contribution in [0.1, 0.15) is 25.7 Å². The van der Waals surface area contributed by atoms with Crippen LogP contribution in [0.2, 0.25) is 0 Å². The van der Waals surface area contributed by atoms with Crippen LogP contribution in [0, 0.1) is 5.92 Å². The summed E-state index contributed by atoms with van der Waals surface area (Å²) in [5.41, 5.74) is 0.728. The van der Waals surface area contributed by atoms with Gasteiger partial charge in [0.05, 0.1) is 11.9 Å². The number of carbonyl (C=O) groups excluding carboxylic acids is 1. The lowest BCUT2D eigenvalue weighted by Gasteiger charge is -2.22. The van der Waals surface area contributed by atoms with Crippen molar-refractivity contribution < 1.29 is 4.79 Å². The maximum atomic E-state index is 12.0. The average molecular weight is 372 g/mol. The monoisotopic (exact) mass is 371 g/mol. The number of carbonyl (C=O) groups is 1. The number of anilines is 1. The minimum absolute atomic E-state index is 0. The Labute approximate surface area is 154 Å². The van der Waals surface area contributed by atoms with E-state index in [0.29, 0.717) is 12.3 Å². The van der Waals surface area contributed by atoms with Gasteiger partial charge in [-0.25, -0.2) is 9.67 Å². The molecule has 2 N–H and O–H groups in total. The van der Waals surface area contributed by atoms with E-state index < -0.39 is 0 Å². The summed E-state index contributed by atoms with van der Waals surface area (Å²) in [6.07, 6.45) is 9.09. The van der Waals surface area contributed by atoms with Crippen LogP contribution in [-0.4, -0.2) is 33.8 Å². The predicted octanol–water partition coefficient (Wildman–Crippen LogP) is 2.83. The van der Waals surface area contributed by atoms with Gasteiger partial charge in [-0.05, 0) is 56.5 Å². The standard InChI is InChI=1S/C16H21N5O.2ClH/c22-16(5-2-13-6-9-17-10-7-13)20-14-3-4-15(18-12-14)21-11-1-8-19-21;;/h1,3-4,8,11-13,17H,2,5-7,9-10H2,(H,20,22);2*1H. The smallest absolute Gasteiger partial charge is 0.224 e. The molecular weight excluding hydrogens is 349 g/mol. The first-order valence-corrected chi connectivity index (χ1v) is 7.78. The minimum atomic E-state index is 0. The van der Waals surface area contributed by atoms with Crippen molar-refractivity contribution in [3.05, 3.63) is 36.8 Å². The van der Waals surface area contributed by atoms with E-state index in [0.717, 1.165) is 31.0 Å². The van der Waals surface area contributed by atoms with Gasteiger partial charge in [0.15, 0.2) is 5.82 Å². The van der Waals surface area contributed by atoms with Crippen LogP contribution in [0.5, 0.6) is 0 Å². The maximum Gasteiger partial charge on any atom is 0.224 e. The molecular formula is C16H23Cl2N5O. The summed E-state index contributed by atoms with van der Waals surface area (Å²) in [7, 11) is 0. The minimum Gasteiger partial charge on any atom is -0.325 e. The van der Waals surface area contributed by atoms with Crippen LogP contribution >= 0.6 is 24.8 Å². The first-order valence-electron chi connectivity index (χ1n) is 7.78. The van der Waals surface area contributed by atoms with Gasteiger partial charge >= 0.3 is 0 Å². The van der Waals surface area contributed by atoms with E-state index in [2.05, 4.69) is 20.7 Å². The fourth-order valence-electron chi connectivity index (χ4n) is 2.73. The van der Waals surface area contributed by atoms with Gasteiger partial charge < -0.3 is 10.6 Å². The van der Waals surface area contributed by atoms with Gasteiger partial charge in [0.25, 0.3) is 0 Å². The number of pyridine rings is 1. The summed E-state index contributed by atoms with van der Waals surface area (Å²) >= 11 is 0. The third kappa shape index (κ3) is 5.78. The fraction of sp³-hybridized carbons (Fsp3) is 0.438. The van der Waals surface area contributed by atoms with Gasteiger partial charge in [0, 0.05) is 18.8 Å². The Hall–Kier alpha value is -1.63. The molecule has 0 bridgehead atoms. The van der Waals surface area contributed by atoms with Crippen molar-refractivity contribution in [3.63, 3.8) is 0 Å². The SMILES string of the molecule is Cl.Cl.O=C(CCC1CCNCC1)Nc1ccc(-n2cccn2)nc1. The molecule has 2 aromatic rings. The van der Waals surface area contributed by atoms with Crippen molar-refractivity contribution in [2.75, 3.05) is 18.4 Å². The summed E-state index contributed by atoms with van der Waals surface area (Å²) in [5.74, 6) is 1.47. The van der Waals surface area contributed by atoms with Gasteiger partial charge in [0.1, 0.15) is 0 Å². The lowest BCUT2D eigenvalue weighted by atomic mass is 9.93. The summed E-state index contributed by atoms with van der Waals surface area (Å²) < 4.78 is 1.68. The number of nitrogens with zero attached hydrogens (tertiary/aromatic N) is 3. The van der Waals surface area contributed by atoms with Crippen molar-refractivity contribution >= 4 is 36.4 Å². The molecule has 2 aromatic heterocycles. The van der Waals surface area contributed by atoms with E-state index in [1.54, 1.807) is 17.1 Å². The van der Waals surface area contributed by atoms with Gasteiger partial charge in [-0.3, -0.25) is 4.79 Å². The summed E-state index contributed by atoms with van der Waals surface area (Å²) in [6, 6.07) is 5.54. The second-order valence-electron chi connectivity index (χ2n) is 5.64. The van der Waals surface area contributed by atoms with E-state index in [-0.39, 0.29) is 30.7 Å². The van der Waals surface area contributed by atoms with Gasteiger partial charge in [-0.15, -0.1) is 24.8 Å². The van der Waals surface area contributed by atoms with Crippen molar-refractivity contribution in [1.82, 2.24) is 20.1 Å². The summed E-state index contributed by atoms with van der Waals surface area (Å²) in [5, 5.41) is 10.4. The number of piperidine rings is 1. The van der Waals surface area contributed by atoms with Crippen molar-refractivity contribution in [2.45, 2.75) is 25.7 Å². The van der Waals surface area contributed by atoms with E-state index in [9.17, 15) is 4.79 Å². The van der Waals surface area contributed by atoms with Crippen LogP contribution in [0.4, 0.5) is 5.69 Å². The van der Waals surface area contributed by atoms with Crippen LogP contribution in [0.25, 0.3) is 5.82 Å².